The van der Waals surface area contributed by atoms with Gasteiger partial charge >= 0.3 is 0 Å². The first-order valence-electron chi connectivity index (χ1n) is 10.2. The number of hydrogen-bond acceptors (Lipinski definition) is 6. The molecule has 0 atom stereocenters. The van der Waals surface area contributed by atoms with E-state index in [1.54, 1.807) is 47.4 Å². The van der Waals surface area contributed by atoms with E-state index in [-0.39, 0.29) is 17.0 Å². The summed E-state index contributed by atoms with van der Waals surface area (Å²) in [6, 6.07) is 12.2. The highest BCUT2D eigenvalue weighted by molar-refractivity contribution is 7.07. The molecule has 3 heterocycles. The molecule has 0 spiro atoms. The van der Waals surface area contributed by atoms with Crippen molar-refractivity contribution in [3.05, 3.63) is 73.0 Å². The zero-order valence-electron chi connectivity index (χ0n) is 17.5. The van der Waals surface area contributed by atoms with Gasteiger partial charge in [-0.15, -0.1) is 11.3 Å². The zero-order chi connectivity index (χ0) is 22.7. The fraction of sp³-hybridized carbons (Fsp3) is 0.261. The third-order valence-corrected chi connectivity index (χ3v) is 6.72. The van der Waals surface area contributed by atoms with E-state index in [0.29, 0.717) is 38.8 Å². The minimum Gasteiger partial charge on any atom is -0.465 e. The Morgan fingerprint density at radius 1 is 1.22 bits per heavy atom. The van der Waals surface area contributed by atoms with Crippen LogP contribution in [0.3, 0.4) is 0 Å². The van der Waals surface area contributed by atoms with Gasteiger partial charge in [-0.25, -0.2) is 0 Å². The molecule has 0 N–H and O–H groups in total. The maximum absolute atomic E-state index is 13.3. The van der Waals surface area contributed by atoms with Gasteiger partial charge in [-0.1, -0.05) is 18.5 Å². The SMILES string of the molecule is CCN1CCN(C(=O)/C(C#N)=c2\s/c(=C\c3ccco3)c(=O)n2-c2ccc(Cl)cc2)CC1. The van der Waals surface area contributed by atoms with Gasteiger partial charge in [0, 0.05) is 37.3 Å². The summed E-state index contributed by atoms with van der Waals surface area (Å²) >= 11 is 7.12. The number of nitrogens with zero attached hydrogens (tertiary/aromatic N) is 4. The summed E-state index contributed by atoms with van der Waals surface area (Å²) in [6.07, 6.45) is 3.13. The van der Waals surface area contributed by atoms with Gasteiger partial charge in [-0.05, 0) is 42.9 Å². The van der Waals surface area contributed by atoms with Crippen molar-refractivity contribution in [1.29, 1.82) is 5.26 Å². The molecular weight excluding hydrogens is 448 g/mol. The Morgan fingerprint density at radius 2 is 1.94 bits per heavy atom. The molecule has 2 aromatic heterocycles. The maximum atomic E-state index is 13.3. The number of nitriles is 1. The minimum atomic E-state index is -0.364. The van der Waals surface area contributed by atoms with Crippen LogP contribution < -0.4 is 14.8 Å². The van der Waals surface area contributed by atoms with E-state index < -0.39 is 0 Å². The normalized spacial score (nSPS) is 16.2. The Bertz CT molecular complexity index is 1330. The van der Waals surface area contributed by atoms with E-state index in [1.165, 1.54) is 10.8 Å². The van der Waals surface area contributed by atoms with Crippen LogP contribution >= 0.6 is 22.9 Å². The van der Waals surface area contributed by atoms with Crippen LogP contribution in [0, 0.1) is 11.3 Å². The van der Waals surface area contributed by atoms with Gasteiger partial charge in [0.15, 0.2) is 5.57 Å². The average Bonchev–Trinajstić information content (AvgIpc) is 3.44. The molecule has 32 heavy (non-hydrogen) atoms. The number of aromatic nitrogens is 1. The smallest absolute Gasteiger partial charge is 0.273 e. The summed E-state index contributed by atoms with van der Waals surface area (Å²) in [6.45, 7) is 5.60. The number of piperazine rings is 1. The van der Waals surface area contributed by atoms with E-state index >= 15 is 0 Å². The van der Waals surface area contributed by atoms with Crippen molar-refractivity contribution >= 4 is 40.5 Å². The van der Waals surface area contributed by atoms with Crippen molar-refractivity contribution in [2.75, 3.05) is 32.7 Å². The second kappa shape index (κ2) is 9.57. The summed E-state index contributed by atoms with van der Waals surface area (Å²) in [7, 11) is 0. The van der Waals surface area contributed by atoms with Gasteiger partial charge in [-0.3, -0.25) is 14.2 Å². The van der Waals surface area contributed by atoms with E-state index in [1.807, 2.05) is 0 Å². The molecule has 1 aliphatic rings. The molecule has 7 nitrogen and oxygen atoms in total. The van der Waals surface area contributed by atoms with Crippen molar-refractivity contribution in [3.63, 3.8) is 0 Å². The number of rotatable bonds is 4. The quantitative estimate of drug-likeness (QED) is 0.583. The number of furan rings is 1. The second-order valence-electron chi connectivity index (χ2n) is 7.26. The average molecular weight is 469 g/mol. The molecule has 1 fully saturated rings. The summed E-state index contributed by atoms with van der Waals surface area (Å²) in [4.78, 5) is 30.5. The molecule has 0 bridgehead atoms. The topological polar surface area (TPSA) is 82.5 Å². The van der Waals surface area contributed by atoms with Crippen molar-refractivity contribution < 1.29 is 9.21 Å². The first-order valence-corrected chi connectivity index (χ1v) is 11.4. The third-order valence-electron chi connectivity index (χ3n) is 5.37. The van der Waals surface area contributed by atoms with E-state index in [2.05, 4.69) is 17.9 Å². The Labute approximate surface area is 193 Å². The van der Waals surface area contributed by atoms with Gasteiger partial charge in [0.25, 0.3) is 11.5 Å². The van der Waals surface area contributed by atoms with Crippen LogP contribution in [-0.4, -0.2) is 53.0 Å². The summed E-state index contributed by atoms with van der Waals surface area (Å²) in [5, 5.41) is 10.5. The molecule has 3 aromatic rings. The Kier molecular flexibility index (Phi) is 6.61. The highest BCUT2D eigenvalue weighted by Gasteiger charge is 2.25. The van der Waals surface area contributed by atoms with E-state index in [9.17, 15) is 14.9 Å². The monoisotopic (exact) mass is 468 g/mol. The maximum Gasteiger partial charge on any atom is 0.273 e. The van der Waals surface area contributed by atoms with Gasteiger partial charge in [0.2, 0.25) is 0 Å². The number of halogens is 1. The molecule has 1 aliphatic heterocycles. The van der Waals surface area contributed by atoms with Gasteiger partial charge in [0.1, 0.15) is 16.5 Å². The Morgan fingerprint density at radius 3 is 2.53 bits per heavy atom. The molecule has 0 aliphatic carbocycles. The fourth-order valence-corrected chi connectivity index (χ4v) is 4.79. The number of thiazole rings is 1. The van der Waals surface area contributed by atoms with Gasteiger partial charge in [-0.2, -0.15) is 5.26 Å². The van der Waals surface area contributed by atoms with Crippen LogP contribution in [0.2, 0.25) is 5.02 Å². The molecule has 0 saturated carbocycles. The van der Waals surface area contributed by atoms with Crippen LogP contribution in [0.15, 0.2) is 51.9 Å². The Balaban J connectivity index is 1.90. The minimum absolute atomic E-state index is 0.0499. The highest BCUT2D eigenvalue weighted by atomic mass is 35.5. The largest absolute Gasteiger partial charge is 0.465 e. The first kappa shape index (κ1) is 22.1. The molecule has 1 aromatic carbocycles. The van der Waals surface area contributed by atoms with Crippen LogP contribution in [0.1, 0.15) is 12.7 Å². The predicted octanol–water partition coefficient (Wildman–Crippen LogP) is 1.81. The standard InChI is InChI=1S/C23H21ClN4O3S/c1-2-26-9-11-27(12-10-26)21(29)19(15-25)23-28(17-7-5-16(24)6-8-17)22(30)20(32-23)14-18-4-3-13-31-18/h3-8,13-14H,2,9-12H2,1H3/b20-14-,23-19-. The number of amides is 1. The zero-order valence-corrected chi connectivity index (χ0v) is 19.0. The van der Waals surface area contributed by atoms with Crippen LogP contribution in [0.25, 0.3) is 17.3 Å². The molecule has 1 amide bonds. The lowest BCUT2D eigenvalue weighted by Gasteiger charge is -2.33. The lowest BCUT2D eigenvalue weighted by molar-refractivity contribution is -0.126. The van der Waals surface area contributed by atoms with Crippen molar-refractivity contribution in [1.82, 2.24) is 14.4 Å². The second-order valence-corrected chi connectivity index (χ2v) is 8.73. The molecule has 0 unspecified atom stereocenters. The lowest BCUT2D eigenvalue weighted by Crippen LogP contribution is -2.49. The molecule has 164 valence electrons. The van der Waals surface area contributed by atoms with Gasteiger partial charge < -0.3 is 14.2 Å². The van der Waals surface area contributed by atoms with Crippen LogP contribution in [-0.2, 0) is 4.79 Å². The van der Waals surface area contributed by atoms with Crippen LogP contribution in [0.5, 0.6) is 0 Å². The van der Waals surface area contributed by atoms with E-state index in [0.717, 1.165) is 31.0 Å². The van der Waals surface area contributed by atoms with Gasteiger partial charge in [0.05, 0.1) is 16.5 Å². The number of carbonyl (C=O) groups is 1. The lowest BCUT2D eigenvalue weighted by atomic mass is 10.2. The number of hydrogen-bond donors (Lipinski definition) is 0. The number of likely N-dealkylation sites (N-methyl/N-ethyl adjacent to an activating group) is 1. The van der Waals surface area contributed by atoms with Crippen molar-refractivity contribution in [2.24, 2.45) is 0 Å². The molecule has 1 saturated heterocycles. The summed E-state index contributed by atoms with van der Waals surface area (Å²) < 4.78 is 7.40. The predicted molar refractivity (Wildman–Crippen MR) is 124 cm³/mol. The molecule has 9 heteroatoms. The summed E-state index contributed by atoms with van der Waals surface area (Å²) in [5.41, 5.74) is 0.146. The number of carbonyl (C=O) groups excluding carboxylic acids is 1. The fourth-order valence-electron chi connectivity index (χ4n) is 3.59. The third kappa shape index (κ3) is 4.41. The van der Waals surface area contributed by atoms with Crippen molar-refractivity contribution in [3.8, 4) is 11.8 Å². The summed E-state index contributed by atoms with van der Waals surface area (Å²) in [5.74, 6) is 0.149. The van der Waals surface area contributed by atoms with Crippen molar-refractivity contribution in [2.45, 2.75) is 6.92 Å². The molecule has 0 radical (unpaired) electrons. The van der Waals surface area contributed by atoms with E-state index in [4.69, 9.17) is 16.0 Å². The molecule has 4 rings (SSSR count). The Hall–Kier alpha value is -3.12. The highest BCUT2D eigenvalue weighted by Crippen LogP contribution is 2.12. The first-order chi connectivity index (χ1) is 15.5. The number of benzene rings is 1. The molecular formula is C23H21ClN4O3S. The van der Waals surface area contributed by atoms with Crippen LogP contribution in [0.4, 0.5) is 0 Å².